The summed E-state index contributed by atoms with van der Waals surface area (Å²) >= 11 is 0. The second-order valence-electron chi connectivity index (χ2n) is 10.7. The van der Waals surface area contributed by atoms with Gasteiger partial charge in [-0.25, -0.2) is 9.97 Å². The van der Waals surface area contributed by atoms with Crippen LogP contribution in [0.5, 0.6) is 0 Å². The zero-order valence-corrected chi connectivity index (χ0v) is 21.0. The van der Waals surface area contributed by atoms with Gasteiger partial charge in [-0.1, -0.05) is 6.07 Å². The van der Waals surface area contributed by atoms with Gasteiger partial charge in [0.15, 0.2) is 0 Å². The molecule has 1 aromatic carbocycles. The van der Waals surface area contributed by atoms with E-state index in [9.17, 15) is 27.9 Å². The maximum Gasteiger partial charge on any atom is 0.416 e. The number of nitrogens with zero attached hydrogens (tertiary/aromatic N) is 3. The number of nitrogens with one attached hydrogen (secondary N) is 2. The molecule has 0 spiro atoms. The minimum atomic E-state index is -4.55. The third-order valence-electron chi connectivity index (χ3n) is 7.90. The molecule has 3 fully saturated rings. The Morgan fingerprint density at radius 3 is 2.45 bits per heavy atom. The number of rotatable bonds is 7. The highest BCUT2D eigenvalue weighted by molar-refractivity contribution is 5.96. The number of carbonyl (C=O) groups excluding carboxylic acids is 2. The molecule has 2 amide bonds. The third-order valence-corrected chi connectivity index (χ3v) is 7.90. The molecule has 11 heteroatoms. The van der Waals surface area contributed by atoms with Crippen LogP contribution in [0.4, 0.5) is 13.2 Å². The summed E-state index contributed by atoms with van der Waals surface area (Å²) in [5, 5.41) is 16.5. The van der Waals surface area contributed by atoms with Gasteiger partial charge >= 0.3 is 6.18 Å². The lowest BCUT2D eigenvalue weighted by Gasteiger charge is -2.39. The minimum absolute atomic E-state index is 0.0721. The van der Waals surface area contributed by atoms with Gasteiger partial charge < -0.3 is 15.7 Å². The number of halogens is 3. The van der Waals surface area contributed by atoms with Crippen molar-refractivity contribution < 1.29 is 27.9 Å². The molecule has 2 heterocycles. The van der Waals surface area contributed by atoms with Crippen LogP contribution in [-0.2, 0) is 16.6 Å². The molecule has 1 saturated heterocycles. The molecule has 3 aliphatic rings. The Morgan fingerprint density at radius 2 is 1.79 bits per heavy atom. The molecule has 0 bridgehead atoms. The number of benzene rings is 1. The maximum absolute atomic E-state index is 12.9. The van der Waals surface area contributed by atoms with E-state index >= 15 is 0 Å². The van der Waals surface area contributed by atoms with Gasteiger partial charge in [0.05, 0.1) is 17.7 Å². The maximum atomic E-state index is 12.9. The van der Waals surface area contributed by atoms with Gasteiger partial charge in [-0.05, 0) is 63.1 Å². The summed E-state index contributed by atoms with van der Waals surface area (Å²) in [5.41, 5.74) is -1.20. The van der Waals surface area contributed by atoms with Gasteiger partial charge in [-0.15, -0.1) is 0 Å². The second-order valence-corrected chi connectivity index (χ2v) is 10.7. The predicted molar refractivity (Wildman–Crippen MR) is 132 cm³/mol. The molecule has 0 radical (unpaired) electrons. The summed E-state index contributed by atoms with van der Waals surface area (Å²) in [6, 6.07) is 4.34. The Hall–Kier alpha value is -3.05. The van der Waals surface area contributed by atoms with Crippen molar-refractivity contribution in [1.82, 2.24) is 25.5 Å². The van der Waals surface area contributed by atoms with Crippen LogP contribution >= 0.6 is 0 Å². The normalized spacial score (nSPS) is 26.2. The van der Waals surface area contributed by atoms with Gasteiger partial charge in [0.2, 0.25) is 5.91 Å². The molecule has 8 nitrogen and oxygen atoms in total. The lowest BCUT2D eigenvalue weighted by Crippen LogP contribution is -2.45. The average molecular weight is 532 g/mol. The lowest BCUT2D eigenvalue weighted by molar-refractivity contribution is -0.137. The van der Waals surface area contributed by atoms with Crippen molar-refractivity contribution in [2.75, 3.05) is 19.6 Å². The van der Waals surface area contributed by atoms with Gasteiger partial charge in [-0.3, -0.25) is 14.5 Å². The summed E-state index contributed by atoms with van der Waals surface area (Å²) in [7, 11) is 0. The van der Waals surface area contributed by atoms with E-state index < -0.39 is 23.2 Å². The van der Waals surface area contributed by atoms with E-state index in [1.165, 1.54) is 6.07 Å². The van der Waals surface area contributed by atoms with Crippen molar-refractivity contribution in [3.8, 4) is 0 Å². The molecule has 38 heavy (non-hydrogen) atoms. The van der Waals surface area contributed by atoms with Crippen LogP contribution in [0.1, 0.15) is 78.2 Å². The van der Waals surface area contributed by atoms with Crippen LogP contribution in [0.25, 0.3) is 0 Å². The fraction of sp³-hybridized carbons (Fsp3) is 0.556. The van der Waals surface area contributed by atoms with E-state index in [2.05, 4.69) is 25.5 Å². The van der Waals surface area contributed by atoms with E-state index in [4.69, 9.17) is 0 Å². The number of alkyl halides is 3. The summed E-state index contributed by atoms with van der Waals surface area (Å²) in [5.74, 6) is 0.225. The van der Waals surface area contributed by atoms with Crippen molar-refractivity contribution >= 4 is 11.8 Å². The molecular formula is C27H32F3N5O3. The van der Waals surface area contributed by atoms with Crippen molar-refractivity contribution in [1.29, 1.82) is 0 Å². The molecule has 1 aromatic heterocycles. The van der Waals surface area contributed by atoms with E-state index in [0.29, 0.717) is 31.3 Å². The van der Waals surface area contributed by atoms with Crippen LogP contribution in [-0.4, -0.2) is 63.5 Å². The van der Waals surface area contributed by atoms with Crippen molar-refractivity contribution in [2.24, 2.45) is 0 Å². The SMILES string of the molecule is O=C(CNC(=O)c1cccc(C(F)(F)F)c1)NC1CCN(C2CCC(O)(c3cnc(C4CC4)nc3)CC2)C1. The number of hydrogen-bond donors (Lipinski definition) is 3. The summed E-state index contributed by atoms with van der Waals surface area (Å²) in [6.07, 6.45) is 4.94. The van der Waals surface area contributed by atoms with Crippen LogP contribution in [0.2, 0.25) is 0 Å². The van der Waals surface area contributed by atoms with Crippen molar-refractivity contribution in [2.45, 2.75) is 74.7 Å². The highest BCUT2D eigenvalue weighted by Gasteiger charge is 2.39. The van der Waals surface area contributed by atoms with E-state index in [1.807, 2.05) is 0 Å². The molecule has 1 unspecified atom stereocenters. The molecule has 5 rings (SSSR count). The smallest absolute Gasteiger partial charge is 0.385 e. The standard InChI is InChI=1S/C27H32F3N5O3/c28-27(29,30)19-3-1-2-18(12-19)25(37)33-15-23(36)34-21-8-11-35(16-21)22-6-9-26(38,10-7-22)20-13-31-24(32-14-20)17-4-5-17/h1-3,12-14,17,21-22,38H,4-11,15-16H2,(H,33,37)(H,34,36). The summed E-state index contributed by atoms with van der Waals surface area (Å²) in [6.45, 7) is 1.18. The number of amides is 2. The lowest BCUT2D eigenvalue weighted by atomic mass is 9.78. The van der Waals surface area contributed by atoms with E-state index in [-0.39, 0.29) is 24.1 Å². The molecule has 2 aromatic rings. The Bertz CT molecular complexity index is 1160. The quantitative estimate of drug-likeness (QED) is 0.507. The summed E-state index contributed by atoms with van der Waals surface area (Å²) in [4.78, 5) is 35.9. The first-order chi connectivity index (χ1) is 18.1. The second kappa shape index (κ2) is 10.6. The number of aliphatic hydroxyl groups is 1. The fourth-order valence-electron chi connectivity index (χ4n) is 5.48. The van der Waals surface area contributed by atoms with Crippen LogP contribution in [0, 0.1) is 0 Å². The van der Waals surface area contributed by atoms with Gasteiger partial charge in [0, 0.05) is 54.6 Å². The van der Waals surface area contributed by atoms with Crippen LogP contribution in [0.3, 0.4) is 0 Å². The van der Waals surface area contributed by atoms with E-state index in [0.717, 1.165) is 68.2 Å². The molecule has 1 atom stereocenters. The van der Waals surface area contributed by atoms with Crippen LogP contribution < -0.4 is 10.6 Å². The molecule has 2 saturated carbocycles. The Balaban J connectivity index is 1.05. The van der Waals surface area contributed by atoms with Crippen LogP contribution in [0.15, 0.2) is 36.7 Å². The highest BCUT2D eigenvalue weighted by Crippen LogP contribution is 2.41. The number of aromatic nitrogens is 2. The molecular weight excluding hydrogens is 499 g/mol. The van der Waals surface area contributed by atoms with Gasteiger partial charge in [0.25, 0.3) is 5.91 Å². The highest BCUT2D eigenvalue weighted by atomic mass is 19.4. The average Bonchev–Trinajstić information content (AvgIpc) is 3.66. The summed E-state index contributed by atoms with van der Waals surface area (Å²) < 4.78 is 38.6. The Kier molecular flexibility index (Phi) is 7.41. The largest absolute Gasteiger partial charge is 0.416 e. The predicted octanol–water partition coefficient (Wildman–Crippen LogP) is 3.12. The van der Waals surface area contributed by atoms with Gasteiger partial charge in [-0.2, -0.15) is 13.2 Å². The van der Waals surface area contributed by atoms with Gasteiger partial charge in [0.1, 0.15) is 5.82 Å². The number of carbonyl (C=O) groups is 2. The Labute approximate surface area is 219 Å². The number of likely N-dealkylation sites (tertiary alicyclic amines) is 1. The third kappa shape index (κ3) is 6.15. The molecule has 2 aliphatic carbocycles. The zero-order valence-electron chi connectivity index (χ0n) is 21.0. The Morgan fingerprint density at radius 1 is 1.08 bits per heavy atom. The van der Waals surface area contributed by atoms with E-state index in [1.54, 1.807) is 12.4 Å². The first-order valence-corrected chi connectivity index (χ1v) is 13.1. The molecule has 3 N–H and O–H groups in total. The minimum Gasteiger partial charge on any atom is -0.385 e. The van der Waals surface area contributed by atoms with Crippen molar-refractivity contribution in [3.05, 3.63) is 59.2 Å². The monoisotopic (exact) mass is 531 g/mol. The topological polar surface area (TPSA) is 107 Å². The first kappa shape index (κ1) is 26.6. The first-order valence-electron chi connectivity index (χ1n) is 13.1. The zero-order chi connectivity index (χ0) is 26.9. The van der Waals surface area contributed by atoms with Crippen molar-refractivity contribution in [3.63, 3.8) is 0 Å². The number of hydrogen-bond acceptors (Lipinski definition) is 6. The molecule has 1 aliphatic heterocycles. The molecule has 204 valence electrons. The fourth-order valence-corrected chi connectivity index (χ4v) is 5.48.